The van der Waals surface area contributed by atoms with Gasteiger partial charge in [0.1, 0.15) is 24.7 Å². The van der Waals surface area contributed by atoms with Crippen molar-refractivity contribution in [3.63, 3.8) is 0 Å². The molecule has 0 aliphatic carbocycles. The lowest BCUT2D eigenvalue weighted by Gasteiger charge is -2.24. The smallest absolute Gasteiger partial charge is 0.303 e. The van der Waals surface area contributed by atoms with Crippen LogP contribution >= 0.6 is 11.8 Å². The molecular formula is C28H34N7O11S+. The summed E-state index contributed by atoms with van der Waals surface area (Å²) in [6.45, 7) is 0.224. The van der Waals surface area contributed by atoms with Gasteiger partial charge in [-0.05, 0) is 37.7 Å². The number of non-ortho nitro benzene ring substituents is 1. The molecule has 0 saturated heterocycles. The zero-order valence-corrected chi connectivity index (χ0v) is 25.8. The van der Waals surface area contributed by atoms with Crippen molar-refractivity contribution in [2.75, 3.05) is 18.8 Å². The molecule has 0 fully saturated rings. The first-order valence-electron chi connectivity index (χ1n) is 14.1. The molecule has 19 heteroatoms. The van der Waals surface area contributed by atoms with Crippen molar-refractivity contribution in [3.8, 4) is 24.4 Å². The average molecular weight is 677 g/mol. The molecule has 0 aromatic heterocycles. The Morgan fingerprint density at radius 1 is 1.13 bits per heavy atom. The normalized spacial score (nSPS) is 18.0. The van der Waals surface area contributed by atoms with Gasteiger partial charge in [0.15, 0.2) is 6.11 Å². The van der Waals surface area contributed by atoms with Crippen molar-refractivity contribution in [2.24, 2.45) is 5.73 Å². The highest BCUT2D eigenvalue weighted by Gasteiger charge is 2.32. The van der Waals surface area contributed by atoms with Crippen LogP contribution < -0.4 is 32.5 Å². The van der Waals surface area contributed by atoms with Gasteiger partial charge < -0.3 is 32.1 Å². The summed E-state index contributed by atoms with van der Waals surface area (Å²) >= 11 is 0.926. The van der Waals surface area contributed by atoms with Crippen LogP contribution in [0.25, 0.3) is 0 Å². The summed E-state index contributed by atoms with van der Waals surface area (Å²) in [6.07, 6.45) is 6.85. The number of nitro groups is 1. The molecule has 1 aromatic carbocycles. The Balaban J connectivity index is 2.38. The Morgan fingerprint density at radius 2 is 1.85 bits per heavy atom. The third-order valence-corrected chi connectivity index (χ3v) is 7.54. The lowest BCUT2D eigenvalue weighted by molar-refractivity contribution is -0.960. The maximum atomic E-state index is 13.5. The minimum Gasteiger partial charge on any atom is -0.481 e. The fourth-order valence-electron chi connectivity index (χ4n) is 4.04. The molecule has 0 spiro atoms. The molecule has 1 aliphatic heterocycles. The SMILES string of the molecule is C#CC#COO[NH2+]CCCCC1NC(=O)[C@H](CCC(=O)O)NC(=O)c2cc([N+](=O)[O-])ccc2SC[C@@H](C(=O)NCCC(N)=O)NC1=O. The standard InChI is InChI=1S/C28H33N7O11S/c1-2-3-14-45-46-31-12-5-4-6-19-27(41)34-21(26(40)30-13-11-23(29)36)16-47-22-9-7-17(35(43)44)15-18(22)25(39)32-20(28(42)33-19)8-10-24(37)38/h1,7,9,15,19-21,31H,4-6,8,10-13,16H2,(H2,29,36)(H,30,40)(H,32,39)(H,33,42)(H,34,41)(H,37,38)/p+1/t19?,20-,21-/m0/s1. The van der Waals surface area contributed by atoms with Gasteiger partial charge >= 0.3 is 5.97 Å². The number of benzene rings is 1. The Kier molecular flexibility index (Phi) is 16.0. The van der Waals surface area contributed by atoms with Gasteiger partial charge in [-0.15, -0.1) is 18.2 Å². The van der Waals surface area contributed by atoms with Crippen molar-refractivity contribution < 1.29 is 54.2 Å². The monoisotopic (exact) mass is 676 g/mol. The average Bonchev–Trinajstić information content (AvgIpc) is 3.02. The molecule has 1 unspecified atom stereocenters. The molecule has 0 bridgehead atoms. The molecule has 5 amide bonds. The van der Waals surface area contributed by atoms with Crippen molar-refractivity contribution >= 4 is 53.0 Å². The van der Waals surface area contributed by atoms with Crippen LogP contribution in [-0.4, -0.2) is 82.5 Å². The number of nitrogens with zero attached hydrogens (tertiary/aromatic N) is 1. The molecule has 9 N–H and O–H groups in total. The van der Waals surface area contributed by atoms with E-state index in [1.54, 1.807) is 0 Å². The number of amides is 5. The summed E-state index contributed by atoms with van der Waals surface area (Å²) in [5.41, 5.74) is 5.80. The number of thioether (sulfide) groups is 1. The number of primary amides is 1. The quantitative estimate of drug-likeness (QED) is 0.0343. The predicted molar refractivity (Wildman–Crippen MR) is 162 cm³/mol. The molecule has 2 rings (SSSR count). The second kappa shape index (κ2) is 19.9. The number of hydroxylamine groups is 1. The second-order valence-electron chi connectivity index (χ2n) is 9.84. The number of hydrogen-bond donors (Lipinski definition) is 7. The summed E-state index contributed by atoms with van der Waals surface area (Å²) in [5.74, 6) is -1.13. The van der Waals surface area contributed by atoms with Crippen LogP contribution in [0.1, 0.15) is 48.9 Å². The summed E-state index contributed by atoms with van der Waals surface area (Å²) in [4.78, 5) is 96.0. The van der Waals surface area contributed by atoms with Crippen LogP contribution in [0.15, 0.2) is 23.1 Å². The maximum absolute atomic E-state index is 13.5. The minimum absolute atomic E-state index is 0.0539. The van der Waals surface area contributed by atoms with Crippen LogP contribution in [0.3, 0.4) is 0 Å². The second-order valence-corrected chi connectivity index (χ2v) is 10.9. The Hall–Kier alpha value is -5.37. The van der Waals surface area contributed by atoms with Crippen molar-refractivity contribution in [2.45, 2.75) is 61.5 Å². The van der Waals surface area contributed by atoms with E-state index < -0.39 is 70.7 Å². The topological polar surface area (TPSA) is 275 Å². The number of nitro benzene ring substituents is 1. The number of carbonyl (C=O) groups excluding carboxylic acids is 5. The number of nitrogens with one attached hydrogen (secondary N) is 4. The third kappa shape index (κ3) is 13.7. The highest BCUT2D eigenvalue weighted by Crippen LogP contribution is 2.28. The van der Waals surface area contributed by atoms with Gasteiger partial charge in [0, 0.05) is 53.1 Å². The van der Waals surface area contributed by atoms with Crippen LogP contribution in [-0.2, 0) is 33.8 Å². The van der Waals surface area contributed by atoms with Crippen molar-refractivity contribution in [1.29, 1.82) is 0 Å². The van der Waals surface area contributed by atoms with Gasteiger partial charge in [-0.3, -0.25) is 38.9 Å². The van der Waals surface area contributed by atoms with E-state index in [0.717, 1.165) is 23.9 Å². The summed E-state index contributed by atoms with van der Waals surface area (Å²) in [6, 6.07) is -0.521. The number of quaternary nitrogens is 1. The number of nitrogens with two attached hydrogens (primary N) is 2. The van der Waals surface area contributed by atoms with E-state index in [2.05, 4.69) is 38.2 Å². The van der Waals surface area contributed by atoms with Gasteiger partial charge in [-0.1, -0.05) is 0 Å². The number of carbonyl (C=O) groups is 6. The minimum atomic E-state index is -1.44. The van der Waals surface area contributed by atoms with E-state index in [-0.39, 0.29) is 42.0 Å². The predicted octanol–water partition coefficient (Wildman–Crippen LogP) is -2.18. The van der Waals surface area contributed by atoms with Crippen LogP contribution in [0.4, 0.5) is 5.69 Å². The molecule has 47 heavy (non-hydrogen) atoms. The Bertz CT molecular complexity index is 1450. The lowest BCUT2D eigenvalue weighted by atomic mass is 10.1. The van der Waals surface area contributed by atoms with E-state index in [1.165, 1.54) is 11.5 Å². The fraction of sp³-hybridized carbons (Fsp3) is 0.429. The number of terminal acetylenes is 1. The molecule has 1 aliphatic rings. The summed E-state index contributed by atoms with van der Waals surface area (Å²) in [5, 5.41) is 30.7. The van der Waals surface area contributed by atoms with E-state index in [4.69, 9.17) is 17.1 Å². The van der Waals surface area contributed by atoms with E-state index in [9.17, 15) is 44.0 Å². The Morgan fingerprint density at radius 3 is 2.53 bits per heavy atom. The Labute approximate surface area is 272 Å². The maximum Gasteiger partial charge on any atom is 0.303 e. The molecule has 252 valence electrons. The van der Waals surface area contributed by atoms with Gasteiger partial charge in [0.05, 0.1) is 10.5 Å². The summed E-state index contributed by atoms with van der Waals surface area (Å²) in [7, 11) is 0. The van der Waals surface area contributed by atoms with E-state index in [1.807, 2.05) is 5.92 Å². The number of aliphatic carboxylic acids is 1. The van der Waals surface area contributed by atoms with Gasteiger partial charge in [-0.2, -0.15) is 5.48 Å². The van der Waals surface area contributed by atoms with Crippen molar-refractivity contribution in [1.82, 2.24) is 21.3 Å². The number of carboxylic acid groups (broad SMARTS) is 1. The van der Waals surface area contributed by atoms with Crippen LogP contribution in [0.5, 0.6) is 0 Å². The fourth-order valence-corrected chi connectivity index (χ4v) is 5.09. The zero-order valence-electron chi connectivity index (χ0n) is 24.9. The molecule has 0 saturated carbocycles. The highest BCUT2D eigenvalue weighted by molar-refractivity contribution is 7.99. The first kappa shape index (κ1) is 37.8. The number of carboxylic acids is 1. The molecule has 3 atom stereocenters. The lowest BCUT2D eigenvalue weighted by Crippen LogP contribution is -2.82. The first-order chi connectivity index (χ1) is 22.4. The molecular weight excluding hydrogens is 642 g/mol. The highest BCUT2D eigenvalue weighted by atomic mass is 32.2. The van der Waals surface area contributed by atoms with E-state index in [0.29, 0.717) is 19.4 Å². The molecule has 1 heterocycles. The number of hydrogen-bond acceptors (Lipinski definition) is 11. The third-order valence-electron chi connectivity index (χ3n) is 6.38. The van der Waals surface area contributed by atoms with Gasteiger partial charge in [0.2, 0.25) is 23.6 Å². The van der Waals surface area contributed by atoms with E-state index >= 15 is 0 Å². The molecule has 1 aromatic rings. The zero-order chi connectivity index (χ0) is 34.8. The van der Waals surface area contributed by atoms with Gasteiger partial charge in [0.25, 0.3) is 11.6 Å². The first-order valence-corrected chi connectivity index (χ1v) is 15.1. The van der Waals surface area contributed by atoms with Crippen LogP contribution in [0.2, 0.25) is 0 Å². The number of rotatable bonds is 15. The van der Waals surface area contributed by atoms with Crippen LogP contribution in [0, 0.1) is 34.5 Å². The number of unbranched alkanes of at least 4 members (excludes halogenated alkanes) is 1. The number of fused-ring (bicyclic) bond motifs is 1. The summed E-state index contributed by atoms with van der Waals surface area (Å²) < 4.78 is 0. The molecule has 18 nitrogen and oxygen atoms in total. The van der Waals surface area contributed by atoms with Crippen molar-refractivity contribution in [3.05, 3.63) is 33.9 Å². The van der Waals surface area contributed by atoms with Gasteiger partial charge in [-0.25, -0.2) is 4.89 Å². The largest absolute Gasteiger partial charge is 0.481 e. The molecule has 0 radical (unpaired) electrons.